The molecule has 0 aliphatic rings. The first kappa shape index (κ1) is 15.7. The van der Waals surface area contributed by atoms with Crippen LogP contribution < -0.4 is 0 Å². The molecule has 1 aromatic rings. The van der Waals surface area contributed by atoms with E-state index >= 15 is 0 Å². The van der Waals surface area contributed by atoms with E-state index in [2.05, 4.69) is 35.1 Å². The van der Waals surface area contributed by atoms with E-state index in [-0.39, 0.29) is 0 Å². The molecule has 0 unspecified atom stereocenters. The summed E-state index contributed by atoms with van der Waals surface area (Å²) >= 11 is 0. The summed E-state index contributed by atoms with van der Waals surface area (Å²) in [6, 6.07) is 10.6. The molecule has 3 nitrogen and oxygen atoms in total. The number of carbonyl (C=O) groups excluding carboxylic acids is 1. The minimum absolute atomic E-state index is 0.403. The molecule has 105 valence electrons. The number of hydrogen-bond acceptors (Lipinski definition) is 3. The smallest absolute Gasteiger partial charge is 0.417 e. The van der Waals surface area contributed by atoms with Crippen molar-refractivity contribution in [3.8, 4) is 0 Å². The fraction of sp³-hybridized carbons (Fsp3) is 0.562. The van der Waals surface area contributed by atoms with Crippen molar-refractivity contribution in [1.29, 1.82) is 0 Å². The molecule has 1 radical (unpaired) electrons. The molecule has 0 saturated carbocycles. The molecule has 0 spiro atoms. The largest absolute Gasteiger partial charge is 0.457 e. The fourth-order valence-electron chi connectivity index (χ4n) is 1.91. The maximum absolute atomic E-state index is 9.75. The van der Waals surface area contributed by atoms with Crippen LogP contribution >= 0.6 is 0 Å². The maximum Gasteiger partial charge on any atom is 0.417 e. The Bertz CT molecular complexity index is 311. The second kappa shape index (κ2) is 11.7. The summed E-state index contributed by atoms with van der Waals surface area (Å²) in [6.07, 6.45) is 6.74. The Kier molecular flexibility index (Phi) is 9.69. The van der Waals surface area contributed by atoms with Gasteiger partial charge in [0.1, 0.15) is 0 Å². The van der Waals surface area contributed by atoms with Crippen molar-refractivity contribution in [3.05, 3.63) is 35.9 Å². The number of aryl methyl sites for hydroxylation is 1. The summed E-state index contributed by atoms with van der Waals surface area (Å²) < 4.78 is 9.88. The predicted molar refractivity (Wildman–Crippen MR) is 75.7 cm³/mol. The third-order valence-electron chi connectivity index (χ3n) is 2.94. The Hall–Kier alpha value is -1.35. The van der Waals surface area contributed by atoms with E-state index in [1.165, 1.54) is 37.7 Å². The lowest BCUT2D eigenvalue weighted by molar-refractivity contribution is 0.113. The van der Waals surface area contributed by atoms with Gasteiger partial charge in [-0.3, -0.25) is 0 Å². The highest BCUT2D eigenvalue weighted by molar-refractivity contribution is 5.37. The first-order valence-electron chi connectivity index (χ1n) is 7.04. The van der Waals surface area contributed by atoms with Crippen LogP contribution in [-0.2, 0) is 20.7 Å². The Balaban J connectivity index is 1.80. The van der Waals surface area contributed by atoms with Gasteiger partial charge in [0.2, 0.25) is 0 Å². The zero-order valence-electron chi connectivity index (χ0n) is 11.5. The van der Waals surface area contributed by atoms with Crippen LogP contribution in [0, 0.1) is 0 Å². The molecule has 0 atom stereocenters. The number of rotatable bonds is 12. The van der Waals surface area contributed by atoms with E-state index in [1.54, 1.807) is 0 Å². The third kappa shape index (κ3) is 9.25. The molecule has 1 rings (SSSR count). The summed E-state index contributed by atoms with van der Waals surface area (Å²) in [6.45, 7) is 3.26. The van der Waals surface area contributed by atoms with Crippen molar-refractivity contribution in [2.24, 2.45) is 0 Å². The van der Waals surface area contributed by atoms with E-state index in [0.29, 0.717) is 13.2 Å². The van der Waals surface area contributed by atoms with Crippen LogP contribution in [0.2, 0.25) is 0 Å². The second-order valence-electron chi connectivity index (χ2n) is 4.55. The van der Waals surface area contributed by atoms with E-state index in [9.17, 15) is 4.79 Å². The number of unbranched alkanes of at least 4 members (excludes halogenated alkanes) is 3. The van der Waals surface area contributed by atoms with Crippen LogP contribution in [0.25, 0.3) is 0 Å². The number of benzene rings is 1. The lowest BCUT2D eigenvalue weighted by Crippen LogP contribution is -2.01. The molecule has 0 N–H and O–H groups in total. The molecular weight excluding hydrogens is 240 g/mol. The van der Waals surface area contributed by atoms with Crippen molar-refractivity contribution in [3.63, 3.8) is 0 Å². The Labute approximate surface area is 115 Å². The maximum atomic E-state index is 9.75. The Morgan fingerprint density at radius 1 is 0.842 bits per heavy atom. The van der Waals surface area contributed by atoms with Gasteiger partial charge in [-0.05, 0) is 24.8 Å². The van der Waals surface area contributed by atoms with Gasteiger partial charge in [-0.15, -0.1) is 0 Å². The Morgan fingerprint density at radius 2 is 1.58 bits per heavy atom. The van der Waals surface area contributed by atoms with Crippen molar-refractivity contribution >= 4 is 6.47 Å². The van der Waals surface area contributed by atoms with Crippen molar-refractivity contribution in [1.82, 2.24) is 0 Å². The molecule has 19 heavy (non-hydrogen) atoms. The second-order valence-corrected chi connectivity index (χ2v) is 4.55. The van der Waals surface area contributed by atoms with E-state index in [0.717, 1.165) is 19.4 Å². The quantitative estimate of drug-likeness (QED) is 0.543. The van der Waals surface area contributed by atoms with Crippen molar-refractivity contribution < 1.29 is 14.3 Å². The van der Waals surface area contributed by atoms with Gasteiger partial charge in [0.25, 0.3) is 0 Å². The molecule has 0 saturated heterocycles. The van der Waals surface area contributed by atoms with E-state index in [1.807, 2.05) is 0 Å². The standard InChI is InChI=1S/C16H23O3/c17-15-19-14-8-13-18-12-7-2-1-4-9-16-10-5-3-6-11-16/h3,5-6,10-11H,1-2,4,7-9,12-14H2. The summed E-state index contributed by atoms with van der Waals surface area (Å²) in [5.74, 6) is 0. The van der Waals surface area contributed by atoms with Gasteiger partial charge in [0.15, 0.2) is 0 Å². The van der Waals surface area contributed by atoms with Crippen LogP contribution in [0.3, 0.4) is 0 Å². The first-order chi connectivity index (χ1) is 9.43. The monoisotopic (exact) mass is 263 g/mol. The summed E-state index contributed by atoms with van der Waals surface area (Å²) in [4.78, 5) is 9.75. The molecule has 3 heteroatoms. The van der Waals surface area contributed by atoms with Crippen LogP contribution in [0.15, 0.2) is 30.3 Å². The lowest BCUT2D eigenvalue weighted by Gasteiger charge is -2.04. The lowest BCUT2D eigenvalue weighted by atomic mass is 10.1. The molecule has 0 bridgehead atoms. The van der Waals surface area contributed by atoms with Crippen molar-refractivity contribution in [2.45, 2.75) is 38.5 Å². The summed E-state index contributed by atoms with van der Waals surface area (Å²) in [5, 5.41) is 0. The van der Waals surface area contributed by atoms with Crippen LogP contribution in [0.4, 0.5) is 0 Å². The molecule has 1 aromatic carbocycles. The average molecular weight is 263 g/mol. The van der Waals surface area contributed by atoms with Gasteiger partial charge in [0, 0.05) is 19.6 Å². The van der Waals surface area contributed by atoms with Gasteiger partial charge >= 0.3 is 6.47 Å². The van der Waals surface area contributed by atoms with Gasteiger partial charge in [-0.1, -0.05) is 43.2 Å². The Morgan fingerprint density at radius 3 is 2.37 bits per heavy atom. The van der Waals surface area contributed by atoms with Crippen LogP contribution in [-0.4, -0.2) is 26.3 Å². The predicted octanol–water partition coefficient (Wildman–Crippen LogP) is 3.28. The number of ether oxygens (including phenoxy) is 2. The van der Waals surface area contributed by atoms with Gasteiger partial charge in [-0.2, -0.15) is 0 Å². The van der Waals surface area contributed by atoms with Crippen LogP contribution in [0.1, 0.15) is 37.7 Å². The van der Waals surface area contributed by atoms with Crippen molar-refractivity contribution in [2.75, 3.05) is 19.8 Å². The summed E-state index contributed by atoms with van der Waals surface area (Å²) in [7, 11) is 0. The van der Waals surface area contributed by atoms with E-state index < -0.39 is 0 Å². The minimum atomic E-state index is 0.403. The fourth-order valence-corrected chi connectivity index (χ4v) is 1.91. The zero-order valence-corrected chi connectivity index (χ0v) is 11.5. The van der Waals surface area contributed by atoms with Crippen LogP contribution in [0.5, 0.6) is 0 Å². The highest BCUT2D eigenvalue weighted by atomic mass is 16.5. The molecular formula is C16H23O3. The molecule has 0 heterocycles. The highest BCUT2D eigenvalue weighted by Gasteiger charge is 1.94. The van der Waals surface area contributed by atoms with E-state index in [4.69, 9.17) is 4.74 Å². The topological polar surface area (TPSA) is 35.5 Å². The molecule has 0 amide bonds. The molecule has 0 fully saturated rings. The minimum Gasteiger partial charge on any atom is -0.457 e. The number of hydrogen-bond donors (Lipinski definition) is 0. The normalized spacial score (nSPS) is 10.3. The highest BCUT2D eigenvalue weighted by Crippen LogP contribution is 2.07. The summed E-state index contributed by atoms with van der Waals surface area (Å²) in [5.41, 5.74) is 1.42. The first-order valence-corrected chi connectivity index (χ1v) is 7.04. The third-order valence-corrected chi connectivity index (χ3v) is 2.94. The molecule has 0 aromatic heterocycles. The zero-order chi connectivity index (χ0) is 13.6. The van der Waals surface area contributed by atoms with Gasteiger partial charge < -0.3 is 9.47 Å². The van der Waals surface area contributed by atoms with Gasteiger partial charge in [-0.25, -0.2) is 4.79 Å². The SMILES string of the molecule is O=[C]OCCCOCCCCCCc1ccccc1. The van der Waals surface area contributed by atoms with Gasteiger partial charge in [0.05, 0.1) is 6.61 Å². The average Bonchev–Trinajstić information content (AvgIpc) is 2.46. The molecule has 0 aliphatic heterocycles. The molecule has 0 aliphatic carbocycles.